The zero-order valence-electron chi connectivity index (χ0n) is 20.2. The highest BCUT2D eigenvalue weighted by atomic mass is 16.2. The van der Waals surface area contributed by atoms with E-state index in [4.69, 9.17) is 5.73 Å². The quantitative estimate of drug-likeness (QED) is 0.401. The Balaban J connectivity index is 1.02. The Morgan fingerprint density at radius 2 is 1.83 bits per heavy atom. The van der Waals surface area contributed by atoms with E-state index < -0.39 is 0 Å². The molecule has 0 unspecified atom stereocenters. The van der Waals surface area contributed by atoms with Crippen LogP contribution in [0.1, 0.15) is 48.3 Å². The lowest BCUT2D eigenvalue weighted by atomic mass is 9.80. The Morgan fingerprint density at radius 3 is 2.54 bits per heavy atom. The molecule has 8 heteroatoms. The lowest BCUT2D eigenvalue weighted by Gasteiger charge is -2.46. The summed E-state index contributed by atoms with van der Waals surface area (Å²) in [6.07, 6.45) is 5.02. The summed E-state index contributed by atoms with van der Waals surface area (Å²) in [6.45, 7) is 4.11. The van der Waals surface area contributed by atoms with E-state index >= 15 is 0 Å². The fraction of sp³-hybridized carbons (Fsp3) is 0.444. The number of hydrogen-bond acceptors (Lipinski definition) is 5. The van der Waals surface area contributed by atoms with Crippen LogP contribution in [-0.4, -0.2) is 58.6 Å². The predicted octanol–water partition coefficient (Wildman–Crippen LogP) is 2.84. The molecule has 2 amide bonds. The fourth-order valence-electron chi connectivity index (χ4n) is 5.49. The molecule has 2 heterocycles. The van der Waals surface area contributed by atoms with Gasteiger partial charge in [-0.1, -0.05) is 35.9 Å². The lowest BCUT2D eigenvalue weighted by molar-refractivity contribution is -0.121. The van der Waals surface area contributed by atoms with Crippen LogP contribution in [0.5, 0.6) is 0 Å². The summed E-state index contributed by atoms with van der Waals surface area (Å²) < 4.78 is 0. The van der Waals surface area contributed by atoms with Crippen LogP contribution in [0.15, 0.2) is 42.5 Å². The molecule has 5 N–H and O–H groups in total. The predicted molar refractivity (Wildman–Crippen MR) is 137 cm³/mol. The van der Waals surface area contributed by atoms with Gasteiger partial charge in [0.25, 0.3) is 0 Å². The summed E-state index contributed by atoms with van der Waals surface area (Å²) in [7, 11) is 0. The Kier molecular flexibility index (Phi) is 6.72. The van der Waals surface area contributed by atoms with Gasteiger partial charge in [0.2, 0.25) is 11.8 Å². The van der Waals surface area contributed by atoms with Crippen molar-refractivity contribution in [2.75, 3.05) is 25.0 Å². The number of nitrogens with one attached hydrogen (secondary N) is 3. The molecule has 0 atom stereocenters. The highest BCUT2D eigenvalue weighted by Crippen LogP contribution is 2.36. The summed E-state index contributed by atoms with van der Waals surface area (Å²) in [5.41, 5.74) is 9.75. The Bertz CT molecular complexity index is 1190. The third kappa shape index (κ3) is 5.48. The molecule has 0 spiro atoms. The molecular weight excluding hydrogens is 440 g/mol. The minimum absolute atomic E-state index is 0.00180. The van der Waals surface area contributed by atoms with Crippen molar-refractivity contribution in [3.63, 3.8) is 0 Å². The number of aromatic nitrogens is 2. The first-order valence-electron chi connectivity index (χ1n) is 12.5. The molecule has 1 saturated heterocycles. The van der Waals surface area contributed by atoms with Crippen LogP contribution in [0.3, 0.4) is 0 Å². The Morgan fingerprint density at radius 1 is 1.09 bits per heavy atom. The number of H-pyrrole nitrogens is 1. The van der Waals surface area contributed by atoms with Gasteiger partial charge in [0.05, 0.1) is 24.5 Å². The molecule has 5 rings (SSSR count). The topological polar surface area (TPSA) is 116 Å². The van der Waals surface area contributed by atoms with Crippen LogP contribution in [-0.2, 0) is 16.0 Å². The summed E-state index contributed by atoms with van der Waals surface area (Å²) in [5, 5.41) is 14.6. The van der Waals surface area contributed by atoms with Gasteiger partial charge in [0, 0.05) is 24.5 Å². The third-order valence-electron chi connectivity index (χ3n) is 7.45. The molecule has 1 saturated carbocycles. The van der Waals surface area contributed by atoms with Crippen LogP contribution >= 0.6 is 0 Å². The van der Waals surface area contributed by atoms with E-state index in [1.54, 1.807) is 0 Å². The van der Waals surface area contributed by atoms with Crippen molar-refractivity contribution in [3.8, 4) is 0 Å². The minimum atomic E-state index is -0.292. The number of rotatable bonds is 8. The lowest BCUT2D eigenvalue weighted by Crippen LogP contribution is -2.63. The molecule has 1 aliphatic heterocycles. The van der Waals surface area contributed by atoms with E-state index in [2.05, 4.69) is 43.9 Å². The summed E-state index contributed by atoms with van der Waals surface area (Å²) in [4.78, 5) is 26.1. The summed E-state index contributed by atoms with van der Waals surface area (Å²) in [6, 6.07) is 15.3. The van der Waals surface area contributed by atoms with Gasteiger partial charge in [0.15, 0.2) is 5.82 Å². The zero-order valence-corrected chi connectivity index (χ0v) is 20.2. The van der Waals surface area contributed by atoms with Crippen LogP contribution in [0.4, 0.5) is 5.82 Å². The standard InChI is InChI=1S/C27H34N6O2/c1-17-2-11-24-23(12-17)27(32-31-24)29-14-26(35)30-21-15-33(16-21)22-9-7-20(8-10-22)19-5-3-18(4-6-19)13-25(28)34/h2-6,11-12,20-22H,7-10,13-16H2,1H3,(H2,28,34)(H,30,35)(H2,29,31,32). The number of anilines is 1. The largest absolute Gasteiger partial charge is 0.369 e. The molecule has 2 aromatic carbocycles. The molecule has 8 nitrogen and oxygen atoms in total. The SMILES string of the molecule is Cc1ccc2[nH]nc(NCC(=O)NC3CN(C4CCC(c5ccc(CC(N)=O)cc5)CC4)C3)c2c1. The van der Waals surface area contributed by atoms with Crippen molar-refractivity contribution in [2.45, 2.75) is 57.0 Å². The van der Waals surface area contributed by atoms with Gasteiger partial charge in [-0.25, -0.2) is 0 Å². The second-order valence-corrected chi connectivity index (χ2v) is 10.1. The maximum Gasteiger partial charge on any atom is 0.239 e. The molecule has 35 heavy (non-hydrogen) atoms. The normalized spacial score (nSPS) is 20.9. The number of nitrogens with two attached hydrogens (primary N) is 1. The van der Waals surface area contributed by atoms with Crippen LogP contribution in [0, 0.1) is 6.92 Å². The van der Waals surface area contributed by atoms with Crippen LogP contribution < -0.4 is 16.4 Å². The van der Waals surface area contributed by atoms with E-state index in [0.29, 0.717) is 24.2 Å². The van der Waals surface area contributed by atoms with E-state index in [1.165, 1.54) is 31.2 Å². The number of benzene rings is 2. The maximum atomic E-state index is 12.5. The smallest absolute Gasteiger partial charge is 0.239 e. The number of fused-ring (bicyclic) bond motifs is 1. The number of aryl methyl sites for hydroxylation is 1. The minimum Gasteiger partial charge on any atom is -0.369 e. The number of carbonyl (C=O) groups excluding carboxylic acids is 2. The highest BCUT2D eigenvalue weighted by molar-refractivity contribution is 5.92. The molecule has 0 bridgehead atoms. The number of primary amides is 1. The molecule has 1 aromatic heterocycles. The van der Waals surface area contributed by atoms with E-state index in [9.17, 15) is 9.59 Å². The molecule has 184 valence electrons. The molecule has 3 aromatic rings. The van der Waals surface area contributed by atoms with E-state index in [-0.39, 0.29) is 24.4 Å². The Labute approximate surface area is 205 Å². The van der Waals surface area contributed by atoms with Crippen molar-refractivity contribution in [1.82, 2.24) is 20.4 Å². The van der Waals surface area contributed by atoms with Crippen molar-refractivity contribution >= 4 is 28.5 Å². The number of likely N-dealkylation sites (tertiary alicyclic amines) is 1. The van der Waals surface area contributed by atoms with Crippen molar-refractivity contribution < 1.29 is 9.59 Å². The number of nitrogens with zero attached hydrogens (tertiary/aromatic N) is 2. The zero-order chi connectivity index (χ0) is 24.4. The van der Waals surface area contributed by atoms with Gasteiger partial charge < -0.3 is 16.4 Å². The van der Waals surface area contributed by atoms with Gasteiger partial charge >= 0.3 is 0 Å². The first kappa shape index (κ1) is 23.4. The average molecular weight is 475 g/mol. The number of carbonyl (C=O) groups is 2. The van der Waals surface area contributed by atoms with Gasteiger partial charge in [-0.05, 0) is 61.8 Å². The van der Waals surface area contributed by atoms with E-state index in [0.717, 1.165) is 35.1 Å². The van der Waals surface area contributed by atoms with Gasteiger partial charge in [-0.15, -0.1) is 0 Å². The second-order valence-electron chi connectivity index (χ2n) is 10.1. The summed E-state index contributed by atoms with van der Waals surface area (Å²) in [5.74, 6) is 1.01. The summed E-state index contributed by atoms with van der Waals surface area (Å²) >= 11 is 0. The molecular formula is C27H34N6O2. The first-order valence-corrected chi connectivity index (χ1v) is 12.5. The third-order valence-corrected chi connectivity index (χ3v) is 7.45. The van der Waals surface area contributed by atoms with Crippen molar-refractivity contribution in [2.24, 2.45) is 5.73 Å². The average Bonchev–Trinajstić information content (AvgIpc) is 3.22. The van der Waals surface area contributed by atoms with Gasteiger partial charge in [-0.2, -0.15) is 5.10 Å². The van der Waals surface area contributed by atoms with Crippen LogP contribution in [0.25, 0.3) is 10.9 Å². The first-order chi connectivity index (χ1) is 16.9. The van der Waals surface area contributed by atoms with Crippen molar-refractivity contribution in [3.05, 3.63) is 59.2 Å². The Hall–Kier alpha value is -3.39. The van der Waals surface area contributed by atoms with Crippen LogP contribution in [0.2, 0.25) is 0 Å². The molecule has 1 aliphatic carbocycles. The van der Waals surface area contributed by atoms with Gasteiger partial charge in [0.1, 0.15) is 0 Å². The highest BCUT2D eigenvalue weighted by Gasteiger charge is 2.35. The van der Waals surface area contributed by atoms with E-state index in [1.807, 2.05) is 31.2 Å². The van der Waals surface area contributed by atoms with Gasteiger partial charge in [-0.3, -0.25) is 19.6 Å². The number of amides is 2. The molecule has 2 fully saturated rings. The second kappa shape index (κ2) is 10.1. The maximum absolute atomic E-state index is 12.5. The monoisotopic (exact) mass is 474 g/mol. The number of hydrogen-bond donors (Lipinski definition) is 4. The molecule has 2 aliphatic rings. The number of aromatic amines is 1. The molecule has 0 radical (unpaired) electrons. The fourth-order valence-corrected chi connectivity index (χ4v) is 5.49. The van der Waals surface area contributed by atoms with Crippen molar-refractivity contribution in [1.29, 1.82) is 0 Å².